The second kappa shape index (κ2) is 6.92. The molecule has 1 N–H and O–H groups in total. The van der Waals surface area contributed by atoms with E-state index in [0.717, 1.165) is 30.2 Å². The van der Waals surface area contributed by atoms with Crippen LogP contribution in [0.5, 0.6) is 0 Å². The molecule has 1 atom stereocenters. The molecule has 1 aliphatic rings. The van der Waals surface area contributed by atoms with Crippen molar-refractivity contribution >= 4 is 38.4 Å². The molecule has 0 bridgehead atoms. The van der Waals surface area contributed by atoms with Crippen LogP contribution in [0.4, 0.5) is 0 Å². The second-order valence-corrected chi connectivity index (χ2v) is 8.38. The largest absolute Gasteiger partial charge is 0.478 e. The maximum absolute atomic E-state index is 12.2. The number of para-hydroxylation sites is 1. The number of aromatic nitrogens is 1. The smallest absolute Gasteiger partial charge is 0.337 e. The number of carboxylic acids is 1. The van der Waals surface area contributed by atoms with Crippen molar-refractivity contribution in [2.24, 2.45) is 0 Å². The standard InChI is InChI=1S/C28H21NO2/c30-28(31)24-16-19-7-2-4-11-25(19)29-27(24)23-10-5-8-18-13-14-21-20-9-3-1-6-17(20)12-15-22(21)26(18)23/h1-4,6-7,9,11-16,23H,5,8,10H2,(H,30,31). The first-order valence-corrected chi connectivity index (χ1v) is 10.8. The molecule has 3 nitrogen and oxygen atoms in total. The number of carboxylic acid groups (broad SMARTS) is 1. The van der Waals surface area contributed by atoms with E-state index in [9.17, 15) is 9.90 Å². The van der Waals surface area contributed by atoms with Crippen LogP contribution in [0, 0.1) is 0 Å². The third-order valence-electron chi connectivity index (χ3n) is 6.66. The van der Waals surface area contributed by atoms with Crippen molar-refractivity contribution in [1.82, 2.24) is 4.98 Å². The summed E-state index contributed by atoms with van der Waals surface area (Å²) in [7, 11) is 0. The summed E-state index contributed by atoms with van der Waals surface area (Å²) in [5.74, 6) is -0.935. The molecule has 0 amide bonds. The number of benzene rings is 4. The lowest BCUT2D eigenvalue weighted by Gasteiger charge is -2.28. The van der Waals surface area contributed by atoms with Gasteiger partial charge in [0.15, 0.2) is 0 Å². The average Bonchev–Trinajstić information content (AvgIpc) is 2.82. The molecule has 1 aromatic heterocycles. The van der Waals surface area contributed by atoms with Gasteiger partial charge in [0, 0.05) is 11.3 Å². The summed E-state index contributed by atoms with van der Waals surface area (Å²) in [6, 6.07) is 26.8. The number of aryl methyl sites for hydroxylation is 1. The van der Waals surface area contributed by atoms with Gasteiger partial charge in [-0.15, -0.1) is 0 Å². The number of hydrogen-bond acceptors (Lipinski definition) is 2. The minimum Gasteiger partial charge on any atom is -0.478 e. The van der Waals surface area contributed by atoms with E-state index in [-0.39, 0.29) is 5.92 Å². The van der Waals surface area contributed by atoms with E-state index < -0.39 is 5.97 Å². The molecule has 0 radical (unpaired) electrons. The zero-order chi connectivity index (χ0) is 20.9. The van der Waals surface area contributed by atoms with Crippen LogP contribution in [0.1, 0.15) is 45.9 Å². The van der Waals surface area contributed by atoms with Crippen molar-refractivity contribution in [1.29, 1.82) is 0 Å². The van der Waals surface area contributed by atoms with E-state index in [1.54, 1.807) is 6.07 Å². The zero-order valence-corrected chi connectivity index (χ0v) is 17.0. The molecule has 31 heavy (non-hydrogen) atoms. The Hall–Kier alpha value is -3.72. The van der Waals surface area contributed by atoms with E-state index in [4.69, 9.17) is 4.98 Å². The number of aromatic carboxylic acids is 1. The molecular formula is C28H21NO2. The highest BCUT2D eigenvalue weighted by atomic mass is 16.4. The molecule has 1 aliphatic carbocycles. The Morgan fingerprint density at radius 1 is 0.839 bits per heavy atom. The Morgan fingerprint density at radius 2 is 1.61 bits per heavy atom. The van der Waals surface area contributed by atoms with Crippen molar-refractivity contribution < 1.29 is 9.90 Å². The normalized spacial score (nSPS) is 15.9. The molecule has 5 aromatic rings. The molecule has 3 heteroatoms. The summed E-state index contributed by atoms with van der Waals surface area (Å²) >= 11 is 0. The van der Waals surface area contributed by atoms with Gasteiger partial charge in [-0.3, -0.25) is 4.98 Å². The SMILES string of the molecule is O=C(O)c1cc2ccccc2nc1C1CCCc2ccc3c(ccc4ccccc43)c21. The molecule has 0 saturated carbocycles. The number of carbonyl (C=O) groups is 1. The zero-order valence-electron chi connectivity index (χ0n) is 17.0. The predicted octanol–water partition coefficient (Wildman–Crippen LogP) is 6.71. The number of pyridine rings is 1. The Bertz CT molecular complexity index is 1500. The molecule has 0 spiro atoms. The van der Waals surface area contributed by atoms with Gasteiger partial charge >= 0.3 is 5.97 Å². The van der Waals surface area contributed by atoms with E-state index in [1.807, 2.05) is 24.3 Å². The average molecular weight is 403 g/mol. The lowest BCUT2D eigenvalue weighted by Crippen LogP contribution is -2.17. The van der Waals surface area contributed by atoms with Crippen LogP contribution in [-0.4, -0.2) is 16.1 Å². The maximum Gasteiger partial charge on any atom is 0.337 e. The van der Waals surface area contributed by atoms with Crippen LogP contribution in [0.3, 0.4) is 0 Å². The molecule has 1 heterocycles. The lowest BCUT2D eigenvalue weighted by molar-refractivity contribution is 0.0695. The number of rotatable bonds is 2. The fourth-order valence-electron chi connectivity index (χ4n) is 5.27. The summed E-state index contributed by atoms with van der Waals surface area (Å²) in [6.07, 6.45) is 2.96. The van der Waals surface area contributed by atoms with Crippen LogP contribution < -0.4 is 0 Å². The molecule has 4 aromatic carbocycles. The Balaban J connectivity index is 1.66. The molecule has 0 fully saturated rings. The van der Waals surface area contributed by atoms with Crippen molar-refractivity contribution in [2.45, 2.75) is 25.2 Å². The number of hydrogen-bond donors (Lipinski definition) is 1. The minimum absolute atomic E-state index is 0.0238. The van der Waals surface area contributed by atoms with Crippen molar-refractivity contribution in [3.05, 3.63) is 101 Å². The summed E-state index contributed by atoms with van der Waals surface area (Å²) in [6.45, 7) is 0. The summed E-state index contributed by atoms with van der Waals surface area (Å²) in [4.78, 5) is 17.1. The third kappa shape index (κ3) is 2.81. The first kappa shape index (κ1) is 18.1. The van der Waals surface area contributed by atoms with Crippen molar-refractivity contribution in [3.8, 4) is 0 Å². The molecule has 1 unspecified atom stereocenters. The first-order chi connectivity index (χ1) is 15.2. The van der Waals surface area contributed by atoms with Gasteiger partial charge in [0.25, 0.3) is 0 Å². The topological polar surface area (TPSA) is 50.2 Å². The highest BCUT2D eigenvalue weighted by Crippen LogP contribution is 2.43. The Morgan fingerprint density at radius 3 is 2.48 bits per heavy atom. The predicted molar refractivity (Wildman–Crippen MR) is 125 cm³/mol. The number of fused-ring (bicyclic) bond motifs is 6. The summed E-state index contributed by atoms with van der Waals surface area (Å²) in [5.41, 5.74) is 4.41. The van der Waals surface area contributed by atoms with Crippen LogP contribution in [-0.2, 0) is 6.42 Å². The Kier molecular flexibility index (Phi) is 4.03. The molecule has 150 valence electrons. The minimum atomic E-state index is -0.911. The fraction of sp³-hybridized carbons (Fsp3) is 0.143. The van der Waals surface area contributed by atoms with Gasteiger partial charge in [0.2, 0.25) is 0 Å². The highest BCUT2D eigenvalue weighted by molar-refractivity contribution is 6.09. The summed E-state index contributed by atoms with van der Waals surface area (Å²) in [5, 5.41) is 15.8. The van der Waals surface area contributed by atoms with E-state index in [1.165, 1.54) is 32.7 Å². The van der Waals surface area contributed by atoms with E-state index in [0.29, 0.717) is 11.3 Å². The lowest BCUT2D eigenvalue weighted by atomic mass is 9.76. The molecule has 0 saturated heterocycles. The van der Waals surface area contributed by atoms with Gasteiger partial charge in [0.1, 0.15) is 0 Å². The van der Waals surface area contributed by atoms with Crippen molar-refractivity contribution in [2.75, 3.05) is 0 Å². The van der Waals surface area contributed by atoms with E-state index in [2.05, 4.69) is 48.5 Å². The molecule has 0 aliphatic heterocycles. The quantitative estimate of drug-likeness (QED) is 0.333. The first-order valence-electron chi connectivity index (χ1n) is 10.8. The van der Waals surface area contributed by atoms with Crippen LogP contribution in [0.25, 0.3) is 32.4 Å². The Labute approximate surface area is 180 Å². The summed E-state index contributed by atoms with van der Waals surface area (Å²) < 4.78 is 0. The van der Waals surface area contributed by atoms with Crippen LogP contribution in [0.15, 0.2) is 78.9 Å². The third-order valence-corrected chi connectivity index (χ3v) is 6.66. The van der Waals surface area contributed by atoms with E-state index >= 15 is 0 Å². The maximum atomic E-state index is 12.2. The van der Waals surface area contributed by atoms with Crippen LogP contribution >= 0.6 is 0 Å². The second-order valence-electron chi connectivity index (χ2n) is 8.38. The van der Waals surface area contributed by atoms with Gasteiger partial charge in [-0.25, -0.2) is 4.79 Å². The number of nitrogens with zero attached hydrogens (tertiary/aromatic N) is 1. The van der Waals surface area contributed by atoms with Gasteiger partial charge < -0.3 is 5.11 Å². The fourth-order valence-corrected chi connectivity index (χ4v) is 5.27. The highest BCUT2D eigenvalue weighted by Gasteiger charge is 2.29. The van der Waals surface area contributed by atoms with Crippen molar-refractivity contribution in [3.63, 3.8) is 0 Å². The van der Waals surface area contributed by atoms with Gasteiger partial charge in [-0.1, -0.05) is 66.7 Å². The monoisotopic (exact) mass is 403 g/mol. The molecular weight excluding hydrogens is 382 g/mol. The van der Waals surface area contributed by atoms with Gasteiger partial charge in [0.05, 0.1) is 16.8 Å². The molecule has 6 rings (SSSR count). The van der Waals surface area contributed by atoms with Gasteiger partial charge in [-0.05, 0) is 64.1 Å². The van der Waals surface area contributed by atoms with Gasteiger partial charge in [-0.2, -0.15) is 0 Å². The van der Waals surface area contributed by atoms with Crippen LogP contribution in [0.2, 0.25) is 0 Å².